The number of hydrogen-bond donors (Lipinski definition) is 1. The normalized spacial score (nSPS) is 12.5. The van der Waals surface area contributed by atoms with E-state index in [9.17, 15) is 0 Å². The Morgan fingerprint density at radius 3 is 2.63 bits per heavy atom. The molecule has 1 rings (SSSR count). The minimum absolute atomic E-state index is 0.573. The molecule has 0 aliphatic rings. The fourth-order valence-corrected chi connectivity index (χ4v) is 2.61. The monoisotopic (exact) mass is 326 g/mol. The molecule has 0 heterocycles. The molecule has 1 atom stereocenters. The number of hydrogen-bond acceptors (Lipinski definition) is 2. The van der Waals surface area contributed by atoms with Crippen LogP contribution in [-0.4, -0.2) is 19.6 Å². The van der Waals surface area contributed by atoms with Crippen molar-refractivity contribution in [2.75, 3.05) is 18.5 Å². The predicted octanol–water partition coefficient (Wildman–Crippen LogP) is 4.57. The molecule has 19 heavy (non-hydrogen) atoms. The largest absolute Gasteiger partial charge is 0.372 e. The van der Waals surface area contributed by atoms with Gasteiger partial charge in [0.15, 0.2) is 0 Å². The van der Waals surface area contributed by atoms with Gasteiger partial charge in [-0.25, -0.2) is 0 Å². The van der Waals surface area contributed by atoms with Gasteiger partial charge in [-0.15, -0.1) is 0 Å². The van der Waals surface area contributed by atoms with Crippen molar-refractivity contribution in [3.8, 4) is 0 Å². The molecular formula is C16H27BrN2. The summed E-state index contributed by atoms with van der Waals surface area (Å²) in [5, 5.41) is 3.50. The first kappa shape index (κ1) is 16.5. The lowest BCUT2D eigenvalue weighted by molar-refractivity contribution is 0.610. The summed E-state index contributed by atoms with van der Waals surface area (Å²) in [6.07, 6.45) is 3.63. The van der Waals surface area contributed by atoms with Gasteiger partial charge in [0, 0.05) is 29.8 Å². The number of nitrogens with one attached hydrogen (secondary N) is 1. The van der Waals surface area contributed by atoms with Crippen LogP contribution < -0.4 is 10.2 Å². The lowest BCUT2D eigenvalue weighted by Gasteiger charge is -2.29. The topological polar surface area (TPSA) is 15.3 Å². The molecule has 0 aromatic heterocycles. The number of benzene rings is 1. The molecule has 0 aliphatic heterocycles. The van der Waals surface area contributed by atoms with E-state index in [4.69, 9.17) is 0 Å². The Kier molecular flexibility index (Phi) is 7.47. The van der Waals surface area contributed by atoms with Crippen molar-refractivity contribution in [2.24, 2.45) is 0 Å². The number of anilines is 1. The molecule has 108 valence electrons. The molecule has 0 spiro atoms. The molecule has 0 bridgehead atoms. The van der Waals surface area contributed by atoms with E-state index in [2.05, 4.69) is 72.2 Å². The van der Waals surface area contributed by atoms with Crippen LogP contribution in [0.3, 0.4) is 0 Å². The van der Waals surface area contributed by atoms with Gasteiger partial charge in [-0.2, -0.15) is 0 Å². The van der Waals surface area contributed by atoms with Crippen molar-refractivity contribution in [1.29, 1.82) is 0 Å². The van der Waals surface area contributed by atoms with Gasteiger partial charge in [-0.3, -0.25) is 0 Å². The summed E-state index contributed by atoms with van der Waals surface area (Å²) >= 11 is 3.59. The first-order chi connectivity index (χ1) is 9.10. The Morgan fingerprint density at radius 1 is 1.26 bits per heavy atom. The molecule has 0 saturated heterocycles. The van der Waals surface area contributed by atoms with Gasteiger partial charge in [0.1, 0.15) is 0 Å². The highest BCUT2D eigenvalue weighted by molar-refractivity contribution is 9.10. The van der Waals surface area contributed by atoms with Crippen LogP contribution in [0.15, 0.2) is 22.7 Å². The molecule has 2 nitrogen and oxygen atoms in total. The zero-order valence-corrected chi connectivity index (χ0v) is 14.3. The Labute approximate surface area is 126 Å². The summed E-state index contributed by atoms with van der Waals surface area (Å²) in [5.41, 5.74) is 2.71. The van der Waals surface area contributed by atoms with Crippen LogP contribution >= 0.6 is 15.9 Å². The van der Waals surface area contributed by atoms with E-state index in [1.54, 1.807) is 0 Å². The molecule has 1 aromatic carbocycles. The highest BCUT2D eigenvalue weighted by Crippen LogP contribution is 2.26. The summed E-state index contributed by atoms with van der Waals surface area (Å²) in [4.78, 5) is 2.40. The first-order valence-electron chi connectivity index (χ1n) is 7.32. The minimum Gasteiger partial charge on any atom is -0.372 e. The van der Waals surface area contributed by atoms with Gasteiger partial charge >= 0.3 is 0 Å². The van der Waals surface area contributed by atoms with E-state index in [0.717, 1.165) is 17.6 Å². The number of rotatable bonds is 8. The predicted molar refractivity (Wildman–Crippen MR) is 88.9 cm³/mol. The Morgan fingerprint density at radius 2 is 2.00 bits per heavy atom. The minimum atomic E-state index is 0.573. The van der Waals surface area contributed by atoms with Crippen LogP contribution in [0.2, 0.25) is 0 Å². The highest BCUT2D eigenvalue weighted by atomic mass is 79.9. The Bertz CT molecular complexity index is 379. The van der Waals surface area contributed by atoms with Crippen molar-refractivity contribution >= 4 is 21.6 Å². The second-order valence-electron chi connectivity index (χ2n) is 5.20. The highest BCUT2D eigenvalue weighted by Gasteiger charge is 2.13. The van der Waals surface area contributed by atoms with Crippen molar-refractivity contribution in [3.63, 3.8) is 0 Å². The van der Waals surface area contributed by atoms with Crippen molar-refractivity contribution in [3.05, 3.63) is 28.2 Å². The van der Waals surface area contributed by atoms with E-state index in [1.807, 2.05) is 0 Å². The third kappa shape index (κ3) is 5.15. The van der Waals surface area contributed by atoms with Gasteiger partial charge < -0.3 is 10.2 Å². The number of nitrogens with zero attached hydrogens (tertiary/aromatic N) is 1. The second kappa shape index (κ2) is 8.60. The van der Waals surface area contributed by atoms with Gasteiger partial charge in [-0.05, 0) is 44.0 Å². The molecule has 1 N–H and O–H groups in total. The molecular weight excluding hydrogens is 300 g/mol. The summed E-state index contributed by atoms with van der Waals surface area (Å²) in [6.45, 7) is 8.76. The lowest BCUT2D eigenvalue weighted by Crippen LogP contribution is -2.30. The Hall–Kier alpha value is -0.540. The summed E-state index contributed by atoms with van der Waals surface area (Å²) < 4.78 is 1.15. The van der Waals surface area contributed by atoms with Crippen LogP contribution in [0.25, 0.3) is 0 Å². The standard InChI is InChI=1S/C16H27BrN2/c1-5-7-13(3)19(4)16-11-15(17)9-8-14(16)12-18-10-6-2/h8-9,11,13,18H,5-7,10,12H2,1-4H3. The quantitative estimate of drug-likeness (QED) is 0.704. The maximum absolute atomic E-state index is 3.59. The van der Waals surface area contributed by atoms with Gasteiger partial charge in [0.05, 0.1) is 0 Å². The van der Waals surface area contributed by atoms with Crippen LogP contribution in [-0.2, 0) is 6.54 Å². The van der Waals surface area contributed by atoms with E-state index >= 15 is 0 Å². The first-order valence-corrected chi connectivity index (χ1v) is 8.11. The van der Waals surface area contributed by atoms with E-state index in [-0.39, 0.29) is 0 Å². The van der Waals surface area contributed by atoms with Crippen LogP contribution in [0.4, 0.5) is 5.69 Å². The molecule has 0 fully saturated rings. The fourth-order valence-electron chi connectivity index (χ4n) is 2.26. The maximum Gasteiger partial charge on any atom is 0.0422 e. The summed E-state index contributed by atoms with van der Waals surface area (Å²) in [6, 6.07) is 7.15. The van der Waals surface area contributed by atoms with Crippen molar-refractivity contribution in [2.45, 2.75) is 52.6 Å². The average molecular weight is 327 g/mol. The molecule has 3 heteroatoms. The fraction of sp³-hybridized carbons (Fsp3) is 0.625. The van der Waals surface area contributed by atoms with E-state index in [1.165, 1.54) is 30.5 Å². The van der Waals surface area contributed by atoms with Gasteiger partial charge in [-0.1, -0.05) is 42.3 Å². The molecule has 0 aliphatic carbocycles. The third-order valence-corrected chi connectivity index (χ3v) is 4.03. The SMILES string of the molecule is CCCNCc1ccc(Br)cc1N(C)C(C)CCC. The Balaban J connectivity index is 2.86. The lowest BCUT2D eigenvalue weighted by atomic mass is 10.1. The van der Waals surface area contributed by atoms with Crippen molar-refractivity contribution in [1.82, 2.24) is 5.32 Å². The van der Waals surface area contributed by atoms with Crippen LogP contribution in [0, 0.1) is 0 Å². The number of halogens is 1. The van der Waals surface area contributed by atoms with Crippen LogP contribution in [0.5, 0.6) is 0 Å². The third-order valence-electron chi connectivity index (χ3n) is 3.54. The summed E-state index contributed by atoms with van der Waals surface area (Å²) in [5.74, 6) is 0. The molecule has 0 radical (unpaired) electrons. The molecule has 0 amide bonds. The van der Waals surface area contributed by atoms with E-state index in [0.29, 0.717) is 6.04 Å². The van der Waals surface area contributed by atoms with E-state index < -0.39 is 0 Å². The zero-order chi connectivity index (χ0) is 14.3. The maximum atomic E-state index is 3.59. The zero-order valence-electron chi connectivity index (χ0n) is 12.7. The van der Waals surface area contributed by atoms with Gasteiger partial charge in [0.2, 0.25) is 0 Å². The summed E-state index contributed by atoms with van der Waals surface area (Å²) in [7, 11) is 2.20. The smallest absolute Gasteiger partial charge is 0.0422 e. The molecule has 1 aromatic rings. The van der Waals surface area contributed by atoms with Gasteiger partial charge in [0.25, 0.3) is 0 Å². The van der Waals surface area contributed by atoms with Crippen molar-refractivity contribution < 1.29 is 0 Å². The second-order valence-corrected chi connectivity index (χ2v) is 6.11. The van der Waals surface area contributed by atoms with Crippen LogP contribution in [0.1, 0.15) is 45.6 Å². The average Bonchev–Trinajstić information content (AvgIpc) is 2.40. The molecule has 0 saturated carbocycles. The molecule has 1 unspecified atom stereocenters.